The molecule has 0 spiro atoms. The first-order valence-electron chi connectivity index (χ1n) is 7.96. The van der Waals surface area contributed by atoms with Crippen molar-refractivity contribution in [3.8, 4) is 5.75 Å². The van der Waals surface area contributed by atoms with Gasteiger partial charge in [0.1, 0.15) is 5.00 Å². The zero-order valence-electron chi connectivity index (χ0n) is 14.3. The van der Waals surface area contributed by atoms with E-state index in [1.807, 2.05) is 0 Å². The van der Waals surface area contributed by atoms with Gasteiger partial charge in [-0.15, -0.1) is 11.3 Å². The molecule has 0 atom stereocenters. The monoisotopic (exact) mass is 399 g/mol. The summed E-state index contributed by atoms with van der Waals surface area (Å²) >= 11 is 1.24. The number of halogens is 1. The van der Waals surface area contributed by atoms with E-state index >= 15 is 0 Å². The van der Waals surface area contributed by atoms with Gasteiger partial charge in [0.25, 0.3) is 10.0 Å². The molecule has 2 aromatic rings. The predicted octanol–water partition coefficient (Wildman–Crippen LogP) is 3.36. The van der Waals surface area contributed by atoms with Crippen LogP contribution < -0.4 is 9.46 Å². The Balaban J connectivity index is 2.02. The Kier molecular flexibility index (Phi) is 5.19. The van der Waals surface area contributed by atoms with Gasteiger partial charge in [0, 0.05) is 10.9 Å². The number of carbonyl (C=O) groups is 1. The van der Waals surface area contributed by atoms with E-state index < -0.39 is 21.8 Å². The van der Waals surface area contributed by atoms with E-state index in [9.17, 15) is 17.6 Å². The minimum Gasteiger partial charge on any atom is -0.494 e. The van der Waals surface area contributed by atoms with Crippen molar-refractivity contribution in [3.05, 3.63) is 40.0 Å². The van der Waals surface area contributed by atoms with E-state index in [1.165, 1.54) is 25.6 Å². The van der Waals surface area contributed by atoms with Crippen molar-refractivity contribution in [2.24, 2.45) is 0 Å². The summed E-state index contributed by atoms with van der Waals surface area (Å²) in [6.45, 7) is 0. The van der Waals surface area contributed by atoms with E-state index in [1.54, 1.807) is 0 Å². The van der Waals surface area contributed by atoms with Crippen molar-refractivity contribution in [2.75, 3.05) is 18.9 Å². The maximum absolute atomic E-state index is 13.6. The first-order valence-corrected chi connectivity index (χ1v) is 10.3. The highest BCUT2D eigenvalue weighted by molar-refractivity contribution is 7.93. The second kappa shape index (κ2) is 7.24. The van der Waals surface area contributed by atoms with Crippen molar-refractivity contribution < 1.29 is 27.1 Å². The minimum atomic E-state index is -4.02. The average molecular weight is 399 g/mol. The largest absolute Gasteiger partial charge is 0.494 e. The molecule has 0 saturated heterocycles. The maximum atomic E-state index is 13.6. The van der Waals surface area contributed by atoms with E-state index in [-0.39, 0.29) is 21.2 Å². The number of aryl methyl sites for hydroxylation is 1. The van der Waals surface area contributed by atoms with Crippen LogP contribution in [0.15, 0.2) is 23.1 Å². The fourth-order valence-electron chi connectivity index (χ4n) is 2.94. The Bertz CT molecular complexity index is 952. The molecule has 140 valence electrons. The summed E-state index contributed by atoms with van der Waals surface area (Å²) in [4.78, 5) is 13.1. The lowest BCUT2D eigenvalue weighted by Crippen LogP contribution is -2.16. The van der Waals surface area contributed by atoms with Gasteiger partial charge in [-0.1, -0.05) is 0 Å². The number of nitrogens with one attached hydrogen (secondary N) is 1. The number of hydrogen-bond donors (Lipinski definition) is 1. The average Bonchev–Trinajstić information content (AvgIpc) is 2.98. The smallest absolute Gasteiger partial charge is 0.341 e. The van der Waals surface area contributed by atoms with Crippen LogP contribution >= 0.6 is 11.3 Å². The van der Waals surface area contributed by atoms with Crippen molar-refractivity contribution >= 4 is 32.3 Å². The number of esters is 1. The van der Waals surface area contributed by atoms with Crippen molar-refractivity contribution in [1.82, 2.24) is 0 Å². The van der Waals surface area contributed by atoms with Crippen LogP contribution in [0.1, 0.15) is 33.6 Å². The van der Waals surface area contributed by atoms with Crippen LogP contribution in [-0.2, 0) is 27.6 Å². The zero-order valence-corrected chi connectivity index (χ0v) is 15.9. The number of benzene rings is 1. The number of fused-ring (bicyclic) bond motifs is 1. The van der Waals surface area contributed by atoms with Gasteiger partial charge in [-0.05, 0) is 43.4 Å². The molecule has 9 heteroatoms. The fraction of sp³-hybridized carbons (Fsp3) is 0.353. The van der Waals surface area contributed by atoms with Crippen LogP contribution in [0.4, 0.5) is 9.39 Å². The Labute approximate surface area is 155 Å². The van der Waals surface area contributed by atoms with Crippen molar-refractivity contribution in [3.63, 3.8) is 0 Å². The lowest BCUT2D eigenvalue weighted by molar-refractivity contribution is 0.0601. The number of ether oxygens (including phenoxy) is 2. The molecule has 1 aliphatic rings. The van der Waals surface area contributed by atoms with E-state index in [2.05, 4.69) is 4.72 Å². The summed E-state index contributed by atoms with van der Waals surface area (Å²) in [5.41, 5.74) is 1.12. The summed E-state index contributed by atoms with van der Waals surface area (Å²) < 4.78 is 51.1. The number of carbonyl (C=O) groups excluding carboxylic acids is 1. The van der Waals surface area contributed by atoms with E-state index in [0.29, 0.717) is 6.42 Å². The summed E-state index contributed by atoms with van der Waals surface area (Å²) in [6.07, 6.45) is 3.45. The van der Waals surface area contributed by atoms with Crippen LogP contribution in [0.2, 0.25) is 0 Å². The molecular formula is C17H18FNO5S2. The normalized spacial score (nSPS) is 13.8. The first-order chi connectivity index (χ1) is 12.4. The minimum absolute atomic E-state index is 0.155. The quantitative estimate of drug-likeness (QED) is 0.780. The van der Waals surface area contributed by atoms with Crippen molar-refractivity contribution in [2.45, 2.75) is 30.6 Å². The summed E-state index contributed by atoms with van der Waals surface area (Å²) in [7, 11) is -1.50. The third-order valence-electron chi connectivity index (χ3n) is 4.22. The van der Waals surface area contributed by atoms with Crippen LogP contribution in [0.3, 0.4) is 0 Å². The van der Waals surface area contributed by atoms with Gasteiger partial charge in [0.2, 0.25) is 0 Å². The molecule has 0 amide bonds. The van der Waals surface area contributed by atoms with E-state index in [0.717, 1.165) is 47.9 Å². The van der Waals surface area contributed by atoms with Crippen LogP contribution in [-0.4, -0.2) is 28.6 Å². The summed E-state index contributed by atoms with van der Waals surface area (Å²) in [5.74, 6) is -1.40. The van der Waals surface area contributed by atoms with Gasteiger partial charge >= 0.3 is 5.97 Å². The van der Waals surface area contributed by atoms with E-state index in [4.69, 9.17) is 9.47 Å². The second-order valence-electron chi connectivity index (χ2n) is 5.81. The molecule has 1 aromatic carbocycles. The molecule has 0 unspecified atom stereocenters. The molecule has 1 heterocycles. The molecule has 1 aliphatic carbocycles. The Morgan fingerprint density at radius 3 is 2.65 bits per heavy atom. The van der Waals surface area contributed by atoms with Gasteiger partial charge in [0.05, 0.1) is 24.7 Å². The first kappa shape index (κ1) is 18.7. The highest BCUT2D eigenvalue weighted by Crippen LogP contribution is 2.39. The Hall–Kier alpha value is -2.13. The second-order valence-corrected chi connectivity index (χ2v) is 8.60. The molecule has 1 aromatic heterocycles. The number of hydrogen-bond acceptors (Lipinski definition) is 6. The molecule has 0 bridgehead atoms. The standard InChI is InChI=1S/C17H18FNO5S2/c1-23-13-9-10(7-8-12(13)18)26(21,22)19-16-15(17(20)24-2)11-5-3-4-6-14(11)25-16/h7-9,19H,3-6H2,1-2H3. The molecule has 0 radical (unpaired) electrons. The van der Waals surface area contributed by atoms with Gasteiger partial charge in [-0.2, -0.15) is 0 Å². The molecule has 1 N–H and O–H groups in total. The molecule has 26 heavy (non-hydrogen) atoms. The van der Waals surface area contributed by atoms with Gasteiger partial charge < -0.3 is 9.47 Å². The fourth-order valence-corrected chi connectivity index (χ4v) is 5.54. The summed E-state index contributed by atoms with van der Waals surface area (Å²) in [6, 6.07) is 3.27. The predicted molar refractivity (Wildman–Crippen MR) is 96.1 cm³/mol. The van der Waals surface area contributed by atoms with Gasteiger partial charge in [0.15, 0.2) is 11.6 Å². The number of anilines is 1. The number of methoxy groups -OCH3 is 2. The molecular weight excluding hydrogens is 381 g/mol. The highest BCUT2D eigenvalue weighted by Gasteiger charge is 2.29. The third kappa shape index (κ3) is 3.41. The van der Waals surface area contributed by atoms with Crippen LogP contribution in [0, 0.1) is 5.82 Å². The highest BCUT2D eigenvalue weighted by atomic mass is 32.2. The zero-order chi connectivity index (χ0) is 18.9. The number of rotatable bonds is 5. The number of thiophene rings is 1. The Morgan fingerprint density at radius 2 is 1.96 bits per heavy atom. The van der Waals surface area contributed by atoms with Crippen LogP contribution in [0.25, 0.3) is 0 Å². The SMILES string of the molecule is COC(=O)c1c(NS(=O)(=O)c2ccc(F)c(OC)c2)sc2c1CCCC2. The molecule has 6 nitrogen and oxygen atoms in total. The molecule has 0 fully saturated rings. The van der Waals surface area contributed by atoms with Gasteiger partial charge in [-0.3, -0.25) is 4.72 Å². The Morgan fingerprint density at radius 1 is 1.23 bits per heavy atom. The molecule has 0 saturated carbocycles. The molecule has 0 aliphatic heterocycles. The number of sulfonamides is 1. The summed E-state index contributed by atoms with van der Waals surface area (Å²) in [5, 5.41) is 0.229. The van der Waals surface area contributed by atoms with Crippen LogP contribution in [0.5, 0.6) is 5.75 Å². The third-order valence-corrected chi connectivity index (χ3v) is 6.90. The van der Waals surface area contributed by atoms with Gasteiger partial charge in [-0.25, -0.2) is 17.6 Å². The molecule has 3 rings (SSSR count). The lowest BCUT2D eigenvalue weighted by atomic mass is 9.95. The van der Waals surface area contributed by atoms with Crippen molar-refractivity contribution in [1.29, 1.82) is 0 Å². The maximum Gasteiger partial charge on any atom is 0.341 e. The topological polar surface area (TPSA) is 81.7 Å². The lowest BCUT2D eigenvalue weighted by Gasteiger charge is -2.12.